The Hall–Kier alpha value is -3.92. The van der Waals surface area contributed by atoms with Gasteiger partial charge in [-0.25, -0.2) is 9.37 Å². The summed E-state index contributed by atoms with van der Waals surface area (Å²) in [5, 5.41) is 13.3. The molecule has 1 aliphatic rings. The lowest BCUT2D eigenvalue weighted by molar-refractivity contribution is 0.0924. The number of rotatable bonds is 11. The average molecular weight is 523 g/mol. The number of likely N-dealkylation sites (N-methyl/N-ethyl adjacent to an activating group) is 1. The molecule has 1 aromatic heterocycles. The number of hydrogen-bond donors (Lipinski definition) is 3. The van der Waals surface area contributed by atoms with Crippen molar-refractivity contribution < 1.29 is 18.3 Å². The van der Waals surface area contributed by atoms with E-state index < -0.39 is 12.7 Å². The molecule has 1 atom stereocenters. The summed E-state index contributed by atoms with van der Waals surface area (Å²) in [4.78, 5) is 22.6. The third-order valence-electron chi connectivity index (χ3n) is 6.62. The van der Waals surface area contributed by atoms with E-state index in [0.29, 0.717) is 42.4 Å². The fourth-order valence-corrected chi connectivity index (χ4v) is 4.41. The second kappa shape index (κ2) is 13.0. The second-order valence-corrected chi connectivity index (χ2v) is 9.31. The van der Waals surface area contributed by atoms with Crippen LogP contribution in [0.4, 0.5) is 10.1 Å². The molecule has 10 heteroatoms. The summed E-state index contributed by atoms with van der Waals surface area (Å²) in [7, 11) is 3.65. The molecule has 0 aliphatic carbocycles. The third kappa shape index (κ3) is 6.89. The number of carbonyl (C=O) groups excluding carboxylic acids is 1. The van der Waals surface area contributed by atoms with Gasteiger partial charge in [-0.05, 0) is 38.1 Å². The molecule has 3 N–H and O–H groups in total. The Labute approximate surface area is 222 Å². The average Bonchev–Trinajstić information content (AvgIpc) is 3.45. The molecule has 0 saturated carbocycles. The number of anilines is 1. The Morgan fingerprint density at radius 1 is 1.18 bits per heavy atom. The van der Waals surface area contributed by atoms with E-state index in [0.717, 1.165) is 37.4 Å². The van der Waals surface area contributed by atoms with E-state index in [-0.39, 0.29) is 11.7 Å². The van der Waals surface area contributed by atoms with Gasteiger partial charge < -0.3 is 29.6 Å². The highest BCUT2D eigenvalue weighted by Crippen LogP contribution is 2.29. The topological polar surface area (TPSA) is 107 Å². The van der Waals surface area contributed by atoms with Crippen LogP contribution < -0.4 is 20.3 Å². The number of amidine groups is 1. The van der Waals surface area contributed by atoms with Crippen LogP contribution in [0, 0.1) is 5.41 Å². The van der Waals surface area contributed by atoms with Gasteiger partial charge in [0, 0.05) is 44.0 Å². The molecule has 1 saturated heterocycles. The van der Waals surface area contributed by atoms with Crippen LogP contribution in [0.2, 0.25) is 0 Å². The molecule has 1 amide bonds. The van der Waals surface area contributed by atoms with Crippen molar-refractivity contribution in [1.29, 1.82) is 5.41 Å². The summed E-state index contributed by atoms with van der Waals surface area (Å²) in [6, 6.07) is 14.8. The molecule has 38 heavy (non-hydrogen) atoms. The zero-order valence-corrected chi connectivity index (χ0v) is 21.9. The maximum Gasteiger partial charge on any atom is 0.255 e. The lowest BCUT2D eigenvalue weighted by Gasteiger charge is -2.34. The molecule has 1 fully saturated rings. The van der Waals surface area contributed by atoms with E-state index in [9.17, 15) is 9.18 Å². The molecule has 202 valence electrons. The highest BCUT2D eigenvalue weighted by molar-refractivity contribution is 5.98. The first-order valence-electron chi connectivity index (χ1n) is 12.8. The van der Waals surface area contributed by atoms with E-state index in [1.165, 1.54) is 0 Å². The molecule has 0 bridgehead atoms. The van der Waals surface area contributed by atoms with Crippen molar-refractivity contribution in [3.8, 4) is 17.1 Å². The van der Waals surface area contributed by atoms with Gasteiger partial charge in [0.05, 0.1) is 18.9 Å². The van der Waals surface area contributed by atoms with E-state index in [1.54, 1.807) is 13.3 Å². The van der Waals surface area contributed by atoms with Gasteiger partial charge in [0.2, 0.25) is 5.89 Å². The minimum atomic E-state index is -0.843. The van der Waals surface area contributed by atoms with Crippen molar-refractivity contribution in [1.82, 2.24) is 20.5 Å². The molecular weight excluding hydrogens is 487 g/mol. The van der Waals surface area contributed by atoms with E-state index in [1.807, 2.05) is 48.5 Å². The fourth-order valence-electron chi connectivity index (χ4n) is 4.41. The molecule has 2 heterocycles. The number of ether oxygens (including phenoxy) is 1. The molecular formula is C28H35FN6O3. The third-order valence-corrected chi connectivity index (χ3v) is 6.62. The van der Waals surface area contributed by atoms with Crippen molar-refractivity contribution in [2.75, 3.05) is 58.5 Å². The van der Waals surface area contributed by atoms with Crippen LogP contribution in [-0.4, -0.2) is 75.2 Å². The molecule has 3 aromatic rings. The van der Waals surface area contributed by atoms with Crippen LogP contribution >= 0.6 is 0 Å². The SMILES string of the molecule is COc1ccc(N2CCN(C)CC2)cc1C(=O)N[C@@H](CCCNC(=N)CF)c1ncc(-c2ccccc2)o1. The Morgan fingerprint density at radius 2 is 1.95 bits per heavy atom. The molecule has 0 spiro atoms. The van der Waals surface area contributed by atoms with Gasteiger partial charge in [0.25, 0.3) is 5.91 Å². The van der Waals surface area contributed by atoms with Gasteiger partial charge in [-0.2, -0.15) is 0 Å². The number of hydrogen-bond acceptors (Lipinski definition) is 7. The van der Waals surface area contributed by atoms with Crippen molar-refractivity contribution >= 4 is 17.4 Å². The number of oxazole rings is 1. The van der Waals surface area contributed by atoms with Crippen LogP contribution in [0.3, 0.4) is 0 Å². The Morgan fingerprint density at radius 3 is 2.66 bits per heavy atom. The van der Waals surface area contributed by atoms with Crippen molar-refractivity contribution in [2.45, 2.75) is 18.9 Å². The quantitative estimate of drug-likeness (QED) is 0.199. The zero-order valence-electron chi connectivity index (χ0n) is 21.9. The van der Waals surface area contributed by atoms with Crippen LogP contribution in [0.15, 0.2) is 59.1 Å². The lowest BCUT2D eigenvalue weighted by Crippen LogP contribution is -2.44. The van der Waals surface area contributed by atoms with Gasteiger partial charge in [-0.15, -0.1) is 0 Å². The van der Waals surface area contributed by atoms with Crippen molar-refractivity contribution in [3.05, 3.63) is 66.2 Å². The highest BCUT2D eigenvalue weighted by atomic mass is 19.1. The largest absolute Gasteiger partial charge is 0.496 e. The maximum absolute atomic E-state index is 13.6. The zero-order chi connectivity index (χ0) is 26.9. The summed E-state index contributed by atoms with van der Waals surface area (Å²) in [5.74, 6) is 0.999. The Balaban J connectivity index is 1.54. The molecule has 4 rings (SSSR count). The number of methoxy groups -OCH3 is 1. The number of benzene rings is 2. The van der Waals surface area contributed by atoms with Crippen LogP contribution in [0.5, 0.6) is 5.75 Å². The normalized spacial score (nSPS) is 14.7. The van der Waals surface area contributed by atoms with Crippen LogP contribution in [0.25, 0.3) is 11.3 Å². The Bertz CT molecular complexity index is 1210. The van der Waals surface area contributed by atoms with Crippen molar-refractivity contribution in [2.24, 2.45) is 0 Å². The summed E-state index contributed by atoms with van der Waals surface area (Å²) in [5.41, 5.74) is 2.29. The first-order valence-corrected chi connectivity index (χ1v) is 12.8. The molecule has 2 aromatic carbocycles. The van der Waals surface area contributed by atoms with Gasteiger partial charge >= 0.3 is 0 Å². The van der Waals surface area contributed by atoms with E-state index in [2.05, 4.69) is 32.5 Å². The minimum Gasteiger partial charge on any atom is -0.496 e. The summed E-state index contributed by atoms with van der Waals surface area (Å²) < 4.78 is 24.2. The summed E-state index contributed by atoms with van der Waals surface area (Å²) in [6.45, 7) is 3.22. The predicted octanol–water partition coefficient (Wildman–Crippen LogP) is 3.89. The second-order valence-electron chi connectivity index (χ2n) is 9.31. The summed E-state index contributed by atoms with van der Waals surface area (Å²) >= 11 is 0. The fraction of sp³-hybridized carbons (Fsp3) is 0.393. The standard InChI is InChI=1S/C28H35FN6O3/c1-34-13-15-35(16-14-34)21-10-11-24(37-2)22(17-21)27(36)33-23(9-6-12-31-26(30)18-29)28-32-19-25(38-28)20-7-4-3-5-8-20/h3-5,7-8,10-11,17,19,23H,6,9,12-16,18H2,1-2H3,(H2,30,31)(H,33,36)/t23-/m0/s1. The van der Waals surface area contributed by atoms with Crippen LogP contribution in [-0.2, 0) is 0 Å². The van der Waals surface area contributed by atoms with Gasteiger partial charge in [-0.1, -0.05) is 30.3 Å². The predicted molar refractivity (Wildman–Crippen MR) is 146 cm³/mol. The van der Waals surface area contributed by atoms with Crippen molar-refractivity contribution in [3.63, 3.8) is 0 Å². The minimum absolute atomic E-state index is 0.168. The molecule has 0 unspecified atom stereocenters. The number of carbonyl (C=O) groups is 1. The number of alkyl halides is 1. The molecule has 1 aliphatic heterocycles. The lowest BCUT2D eigenvalue weighted by atomic mass is 10.1. The monoisotopic (exact) mass is 522 g/mol. The Kier molecular flexibility index (Phi) is 9.31. The highest BCUT2D eigenvalue weighted by Gasteiger charge is 2.24. The van der Waals surface area contributed by atoms with Crippen LogP contribution in [0.1, 0.15) is 35.1 Å². The number of aromatic nitrogens is 1. The number of halogens is 1. The maximum atomic E-state index is 13.6. The first kappa shape index (κ1) is 27.1. The molecule has 9 nitrogen and oxygen atoms in total. The van der Waals surface area contributed by atoms with Gasteiger partial charge in [0.1, 0.15) is 24.3 Å². The molecule has 0 radical (unpaired) electrons. The summed E-state index contributed by atoms with van der Waals surface area (Å²) in [6.07, 6.45) is 2.69. The van der Waals surface area contributed by atoms with E-state index in [4.69, 9.17) is 14.6 Å². The number of amides is 1. The van der Waals surface area contributed by atoms with Gasteiger partial charge in [0.15, 0.2) is 5.76 Å². The van der Waals surface area contributed by atoms with Gasteiger partial charge in [-0.3, -0.25) is 10.2 Å². The van der Waals surface area contributed by atoms with E-state index >= 15 is 0 Å². The number of nitrogens with zero attached hydrogens (tertiary/aromatic N) is 3. The smallest absolute Gasteiger partial charge is 0.255 e. The first-order chi connectivity index (χ1) is 18.5. The number of piperazine rings is 1. The number of nitrogens with one attached hydrogen (secondary N) is 3.